The predicted octanol–water partition coefficient (Wildman–Crippen LogP) is 1.47. The smallest absolute Gasteiger partial charge is 0.252 e. The van der Waals surface area contributed by atoms with E-state index < -0.39 is 15.6 Å². The van der Waals surface area contributed by atoms with Crippen molar-refractivity contribution >= 4 is 21.4 Å². The molecule has 2 heterocycles. The van der Waals surface area contributed by atoms with Gasteiger partial charge in [0.2, 0.25) is 0 Å². The Morgan fingerprint density at radius 3 is 2.80 bits per heavy atom. The molecule has 0 spiro atoms. The van der Waals surface area contributed by atoms with Crippen molar-refractivity contribution in [2.75, 3.05) is 19.7 Å². The van der Waals surface area contributed by atoms with Gasteiger partial charge in [-0.3, -0.25) is 0 Å². The third kappa shape index (κ3) is 3.40. The van der Waals surface area contributed by atoms with Gasteiger partial charge in [-0.2, -0.15) is 4.31 Å². The van der Waals surface area contributed by atoms with E-state index in [1.54, 1.807) is 12.1 Å². The second-order valence-electron chi connectivity index (χ2n) is 5.68. The van der Waals surface area contributed by atoms with Gasteiger partial charge in [0.25, 0.3) is 10.0 Å². The van der Waals surface area contributed by atoms with Crippen LogP contribution >= 0.6 is 11.3 Å². The van der Waals surface area contributed by atoms with Crippen LogP contribution in [0.2, 0.25) is 0 Å². The van der Waals surface area contributed by atoms with Crippen molar-refractivity contribution in [2.45, 2.75) is 43.1 Å². The number of rotatable bonds is 4. The molecule has 7 heteroatoms. The lowest BCUT2D eigenvalue weighted by Gasteiger charge is -2.40. The predicted molar refractivity (Wildman–Crippen MR) is 78.5 cm³/mol. The third-order valence-corrected chi connectivity index (χ3v) is 6.55. The minimum absolute atomic E-state index is 0.0294. The Balaban J connectivity index is 2.24. The summed E-state index contributed by atoms with van der Waals surface area (Å²) in [7, 11) is -3.47. The summed E-state index contributed by atoms with van der Waals surface area (Å²) >= 11 is 1.23. The summed E-state index contributed by atoms with van der Waals surface area (Å²) in [4.78, 5) is 0.881. The summed E-state index contributed by atoms with van der Waals surface area (Å²) in [5, 5.41) is 8.91. The Kier molecular flexibility index (Phi) is 4.56. The van der Waals surface area contributed by atoms with Gasteiger partial charge in [-0.25, -0.2) is 8.42 Å². The zero-order valence-electron chi connectivity index (χ0n) is 12.0. The lowest BCUT2D eigenvalue weighted by atomic mass is 10.1. The average Bonchev–Trinajstić information content (AvgIpc) is 2.76. The molecule has 0 saturated carbocycles. The van der Waals surface area contributed by atoms with E-state index in [0.717, 1.165) is 4.88 Å². The summed E-state index contributed by atoms with van der Waals surface area (Å²) in [6.07, 6.45) is 0.371. The number of sulfonamides is 1. The van der Waals surface area contributed by atoms with E-state index in [4.69, 9.17) is 9.84 Å². The van der Waals surface area contributed by atoms with E-state index in [2.05, 4.69) is 0 Å². The molecule has 1 atom stereocenters. The summed E-state index contributed by atoms with van der Waals surface area (Å²) in [5.41, 5.74) is -0.476. The number of nitrogens with zero attached hydrogens (tertiary/aromatic N) is 1. The van der Waals surface area contributed by atoms with Crippen LogP contribution in [0, 0.1) is 0 Å². The first-order chi connectivity index (χ1) is 9.24. The minimum Gasteiger partial charge on any atom is -0.396 e. The van der Waals surface area contributed by atoms with Crippen LogP contribution in [-0.2, 0) is 21.2 Å². The maximum atomic E-state index is 12.7. The first-order valence-electron chi connectivity index (χ1n) is 6.62. The van der Waals surface area contributed by atoms with E-state index in [1.165, 1.54) is 15.6 Å². The summed E-state index contributed by atoms with van der Waals surface area (Å²) in [5.74, 6) is 0. The van der Waals surface area contributed by atoms with Crippen molar-refractivity contribution in [3.63, 3.8) is 0 Å². The van der Waals surface area contributed by atoms with E-state index in [9.17, 15) is 8.42 Å². The van der Waals surface area contributed by atoms with E-state index in [0.29, 0.717) is 23.7 Å². The molecule has 1 aliphatic heterocycles. The van der Waals surface area contributed by atoms with Crippen molar-refractivity contribution in [3.05, 3.63) is 17.0 Å². The maximum Gasteiger partial charge on any atom is 0.252 e. The van der Waals surface area contributed by atoms with Crippen molar-refractivity contribution < 1.29 is 18.3 Å². The van der Waals surface area contributed by atoms with Crippen LogP contribution in [0.15, 0.2) is 16.3 Å². The van der Waals surface area contributed by atoms with Gasteiger partial charge in [-0.05, 0) is 32.9 Å². The zero-order valence-corrected chi connectivity index (χ0v) is 13.6. The van der Waals surface area contributed by atoms with Gasteiger partial charge in [-0.15, -0.1) is 11.3 Å². The molecule has 114 valence electrons. The topological polar surface area (TPSA) is 66.8 Å². The molecule has 1 aliphatic rings. The van der Waals surface area contributed by atoms with Crippen molar-refractivity contribution in [1.29, 1.82) is 0 Å². The lowest BCUT2D eigenvalue weighted by molar-refractivity contribution is -0.109. The van der Waals surface area contributed by atoms with E-state index in [1.807, 2.05) is 20.8 Å². The number of morpholine rings is 1. The molecule has 1 saturated heterocycles. The zero-order chi connectivity index (χ0) is 15.0. The minimum atomic E-state index is -3.47. The van der Waals surface area contributed by atoms with E-state index in [-0.39, 0.29) is 12.7 Å². The van der Waals surface area contributed by atoms with Gasteiger partial charge in [0.1, 0.15) is 4.21 Å². The first kappa shape index (κ1) is 15.9. The largest absolute Gasteiger partial charge is 0.396 e. The maximum absolute atomic E-state index is 12.7. The average molecular weight is 319 g/mol. The molecule has 1 unspecified atom stereocenters. The van der Waals surface area contributed by atoms with Gasteiger partial charge in [0.15, 0.2) is 0 Å². The SMILES string of the molecule is CC1CN(S(=O)(=O)c2ccc(CCO)s2)CC(C)(C)O1. The number of thiophene rings is 1. The molecule has 1 N–H and O–H groups in total. The number of aliphatic hydroxyl groups excluding tert-OH is 1. The van der Waals surface area contributed by atoms with Crippen LogP contribution in [0.4, 0.5) is 0 Å². The van der Waals surface area contributed by atoms with Crippen LogP contribution in [0.25, 0.3) is 0 Å². The van der Waals surface area contributed by atoms with Crippen molar-refractivity contribution in [1.82, 2.24) is 4.31 Å². The van der Waals surface area contributed by atoms with Crippen LogP contribution in [0.1, 0.15) is 25.6 Å². The van der Waals surface area contributed by atoms with Crippen LogP contribution < -0.4 is 0 Å². The highest BCUT2D eigenvalue weighted by Gasteiger charge is 2.38. The summed E-state index contributed by atoms with van der Waals surface area (Å²) < 4.78 is 32.9. The van der Waals surface area contributed by atoms with Crippen molar-refractivity contribution in [2.24, 2.45) is 0 Å². The Morgan fingerprint density at radius 1 is 1.50 bits per heavy atom. The van der Waals surface area contributed by atoms with Gasteiger partial charge in [-0.1, -0.05) is 0 Å². The molecule has 1 aromatic heterocycles. The first-order valence-corrected chi connectivity index (χ1v) is 8.88. The number of aliphatic hydroxyl groups is 1. The van der Waals surface area contributed by atoms with Gasteiger partial charge >= 0.3 is 0 Å². The molecule has 0 aliphatic carbocycles. The van der Waals surface area contributed by atoms with Gasteiger partial charge in [0, 0.05) is 31.0 Å². The molecule has 1 fully saturated rings. The highest BCUT2D eigenvalue weighted by Crippen LogP contribution is 2.30. The highest BCUT2D eigenvalue weighted by atomic mass is 32.2. The standard InChI is InChI=1S/C13H21NO4S2/c1-10-8-14(9-13(2,3)18-10)20(16,17)12-5-4-11(19-12)6-7-15/h4-5,10,15H,6-9H2,1-3H3. The second-order valence-corrected chi connectivity index (χ2v) is 9.01. The molecular weight excluding hydrogens is 298 g/mol. The number of hydrogen-bond donors (Lipinski definition) is 1. The number of hydrogen-bond acceptors (Lipinski definition) is 5. The fourth-order valence-electron chi connectivity index (χ4n) is 2.45. The fraction of sp³-hybridized carbons (Fsp3) is 0.692. The number of ether oxygens (including phenoxy) is 1. The molecule has 0 aromatic carbocycles. The van der Waals surface area contributed by atoms with Crippen LogP contribution in [-0.4, -0.2) is 49.2 Å². The molecule has 5 nitrogen and oxygen atoms in total. The Morgan fingerprint density at radius 2 is 2.20 bits per heavy atom. The molecule has 0 amide bonds. The summed E-state index contributed by atoms with van der Waals surface area (Å²) in [6, 6.07) is 3.39. The third-order valence-electron chi connectivity index (χ3n) is 3.13. The molecular formula is C13H21NO4S2. The molecule has 0 bridgehead atoms. The van der Waals surface area contributed by atoms with Crippen LogP contribution in [0.5, 0.6) is 0 Å². The quantitative estimate of drug-likeness (QED) is 0.912. The van der Waals surface area contributed by atoms with Crippen molar-refractivity contribution in [3.8, 4) is 0 Å². The molecule has 2 rings (SSSR count). The summed E-state index contributed by atoms with van der Waals surface area (Å²) in [6.45, 7) is 6.44. The second kappa shape index (κ2) is 5.73. The van der Waals surface area contributed by atoms with Gasteiger partial charge < -0.3 is 9.84 Å². The molecule has 20 heavy (non-hydrogen) atoms. The Labute approximate surface area is 124 Å². The highest BCUT2D eigenvalue weighted by molar-refractivity contribution is 7.91. The molecule has 1 aromatic rings. The lowest BCUT2D eigenvalue weighted by Crippen LogP contribution is -2.53. The normalized spacial score (nSPS) is 23.9. The fourth-order valence-corrected chi connectivity index (χ4v) is 5.61. The Hall–Kier alpha value is -0.470. The monoisotopic (exact) mass is 319 g/mol. The van der Waals surface area contributed by atoms with Gasteiger partial charge in [0.05, 0.1) is 11.7 Å². The molecule has 0 radical (unpaired) electrons. The van der Waals surface area contributed by atoms with E-state index >= 15 is 0 Å². The van der Waals surface area contributed by atoms with Crippen LogP contribution in [0.3, 0.4) is 0 Å². The Bertz CT molecular complexity index is 565.